The molecule has 0 amide bonds. The molecule has 0 radical (unpaired) electrons. The maximum absolute atomic E-state index is 10.5. The zero-order valence-electron chi connectivity index (χ0n) is 10.4. The summed E-state index contributed by atoms with van der Waals surface area (Å²) >= 11 is 0. The van der Waals surface area contributed by atoms with Crippen molar-refractivity contribution in [3.63, 3.8) is 0 Å². The van der Waals surface area contributed by atoms with Gasteiger partial charge in [-0.3, -0.25) is 0 Å². The van der Waals surface area contributed by atoms with Crippen LogP contribution in [0.2, 0.25) is 0 Å². The van der Waals surface area contributed by atoms with Crippen LogP contribution in [0.15, 0.2) is 73.3 Å². The zero-order valence-corrected chi connectivity index (χ0v) is 10.4. The fourth-order valence-corrected chi connectivity index (χ4v) is 2.21. The van der Waals surface area contributed by atoms with Gasteiger partial charge >= 0.3 is 0 Å². The highest BCUT2D eigenvalue weighted by Crippen LogP contribution is 2.33. The largest absolute Gasteiger partial charge is 0.388 e. The predicted molar refractivity (Wildman–Crippen MR) is 75.4 cm³/mol. The summed E-state index contributed by atoms with van der Waals surface area (Å²) in [5.41, 5.74) is 2.10. The van der Waals surface area contributed by atoms with Gasteiger partial charge in [0.1, 0.15) is 0 Å². The van der Waals surface area contributed by atoms with Crippen molar-refractivity contribution in [2.24, 2.45) is 0 Å². The highest BCUT2D eigenvalue weighted by molar-refractivity contribution is 5.27. The first-order valence-electron chi connectivity index (χ1n) is 6.21. The van der Waals surface area contributed by atoms with Crippen LogP contribution in [-0.4, -0.2) is 5.11 Å². The second kappa shape index (κ2) is 6.18. The van der Waals surface area contributed by atoms with E-state index < -0.39 is 6.10 Å². The molecule has 0 aliphatic rings. The van der Waals surface area contributed by atoms with Crippen LogP contribution in [0.5, 0.6) is 0 Å². The minimum absolute atomic E-state index is 0.0612. The van der Waals surface area contributed by atoms with E-state index in [0.29, 0.717) is 0 Å². The van der Waals surface area contributed by atoms with Crippen molar-refractivity contribution in [1.82, 2.24) is 0 Å². The summed E-state index contributed by atoms with van der Waals surface area (Å²) in [5.74, 6) is 0.0612. The van der Waals surface area contributed by atoms with Crippen LogP contribution in [0.1, 0.15) is 29.6 Å². The fraction of sp³-hybridized carbons (Fsp3) is 0.176. The van der Waals surface area contributed by atoms with Gasteiger partial charge in [0.15, 0.2) is 0 Å². The standard InChI is InChI=1S/C17H18O/c1-2-9-16(14-10-5-3-6-11-14)17(18)15-12-7-4-8-13-15/h2-8,10-13,16-18H,1,9H2/t16-,17+/m1/s1. The van der Waals surface area contributed by atoms with Gasteiger partial charge < -0.3 is 5.11 Å². The van der Waals surface area contributed by atoms with Crippen LogP contribution in [0.25, 0.3) is 0 Å². The van der Waals surface area contributed by atoms with Crippen LogP contribution in [0, 0.1) is 0 Å². The normalized spacial score (nSPS) is 13.8. The van der Waals surface area contributed by atoms with Crippen molar-refractivity contribution >= 4 is 0 Å². The lowest BCUT2D eigenvalue weighted by Gasteiger charge is -2.22. The highest BCUT2D eigenvalue weighted by atomic mass is 16.3. The number of hydrogen-bond acceptors (Lipinski definition) is 1. The van der Waals surface area contributed by atoms with E-state index in [9.17, 15) is 5.11 Å². The van der Waals surface area contributed by atoms with E-state index in [1.807, 2.05) is 54.6 Å². The Kier molecular flexibility index (Phi) is 4.32. The van der Waals surface area contributed by atoms with Crippen molar-refractivity contribution in [2.45, 2.75) is 18.4 Å². The Morgan fingerprint density at radius 2 is 1.39 bits per heavy atom. The summed E-state index contributed by atoms with van der Waals surface area (Å²) in [6, 6.07) is 19.9. The monoisotopic (exact) mass is 238 g/mol. The molecule has 2 aromatic carbocycles. The summed E-state index contributed by atoms with van der Waals surface area (Å²) in [5, 5.41) is 10.5. The first kappa shape index (κ1) is 12.6. The van der Waals surface area contributed by atoms with Crippen LogP contribution in [0.3, 0.4) is 0 Å². The lowest BCUT2D eigenvalue weighted by atomic mass is 9.87. The molecule has 1 heteroatoms. The predicted octanol–water partition coefficient (Wildman–Crippen LogP) is 4.08. The van der Waals surface area contributed by atoms with Crippen molar-refractivity contribution < 1.29 is 5.11 Å². The molecule has 92 valence electrons. The molecule has 0 unspecified atom stereocenters. The second-order valence-corrected chi connectivity index (χ2v) is 4.40. The zero-order chi connectivity index (χ0) is 12.8. The minimum Gasteiger partial charge on any atom is -0.388 e. The molecule has 0 aliphatic heterocycles. The Balaban J connectivity index is 2.28. The van der Waals surface area contributed by atoms with Gasteiger partial charge in [0, 0.05) is 5.92 Å². The summed E-state index contributed by atoms with van der Waals surface area (Å²) in [4.78, 5) is 0. The number of allylic oxidation sites excluding steroid dienone is 1. The molecule has 1 nitrogen and oxygen atoms in total. The second-order valence-electron chi connectivity index (χ2n) is 4.40. The Morgan fingerprint density at radius 3 is 1.89 bits per heavy atom. The summed E-state index contributed by atoms with van der Waals surface area (Å²) in [6.07, 6.45) is 2.13. The third-order valence-electron chi connectivity index (χ3n) is 3.17. The molecular formula is C17H18O. The molecule has 0 fully saturated rings. The highest BCUT2D eigenvalue weighted by Gasteiger charge is 2.21. The first-order chi connectivity index (χ1) is 8.83. The van der Waals surface area contributed by atoms with E-state index in [1.54, 1.807) is 0 Å². The molecule has 0 aromatic heterocycles. The quantitative estimate of drug-likeness (QED) is 0.778. The lowest BCUT2D eigenvalue weighted by Crippen LogP contribution is -2.10. The van der Waals surface area contributed by atoms with Crippen LogP contribution in [-0.2, 0) is 0 Å². The summed E-state index contributed by atoms with van der Waals surface area (Å²) < 4.78 is 0. The third-order valence-corrected chi connectivity index (χ3v) is 3.17. The van der Waals surface area contributed by atoms with Gasteiger partial charge in [-0.2, -0.15) is 0 Å². The van der Waals surface area contributed by atoms with Gasteiger partial charge in [0.25, 0.3) is 0 Å². The third kappa shape index (κ3) is 2.88. The molecule has 0 saturated carbocycles. The van der Waals surface area contributed by atoms with E-state index in [0.717, 1.165) is 17.5 Å². The molecule has 0 bridgehead atoms. The van der Waals surface area contributed by atoms with Crippen molar-refractivity contribution in [2.75, 3.05) is 0 Å². The summed E-state index contributed by atoms with van der Waals surface area (Å²) in [6.45, 7) is 3.79. The van der Waals surface area contributed by atoms with Crippen molar-refractivity contribution in [3.8, 4) is 0 Å². The minimum atomic E-state index is -0.494. The number of hydrogen-bond donors (Lipinski definition) is 1. The maximum atomic E-state index is 10.5. The van der Waals surface area contributed by atoms with E-state index in [-0.39, 0.29) is 5.92 Å². The average molecular weight is 238 g/mol. The SMILES string of the molecule is C=CC[C@H](c1ccccc1)[C@@H](O)c1ccccc1. The topological polar surface area (TPSA) is 20.2 Å². The molecule has 2 aromatic rings. The van der Waals surface area contributed by atoms with Gasteiger partial charge in [-0.1, -0.05) is 66.7 Å². The van der Waals surface area contributed by atoms with Gasteiger partial charge in [-0.05, 0) is 17.5 Å². The Labute approximate surface area is 108 Å². The molecular weight excluding hydrogens is 220 g/mol. The fourth-order valence-electron chi connectivity index (χ4n) is 2.21. The van der Waals surface area contributed by atoms with Gasteiger partial charge in [0.2, 0.25) is 0 Å². The number of rotatable bonds is 5. The van der Waals surface area contributed by atoms with E-state index in [1.165, 1.54) is 0 Å². The molecule has 0 spiro atoms. The van der Waals surface area contributed by atoms with Gasteiger partial charge in [0.05, 0.1) is 6.10 Å². The van der Waals surface area contributed by atoms with E-state index in [2.05, 4.69) is 18.7 Å². The van der Waals surface area contributed by atoms with Crippen LogP contribution >= 0.6 is 0 Å². The molecule has 18 heavy (non-hydrogen) atoms. The van der Waals surface area contributed by atoms with Gasteiger partial charge in [-0.15, -0.1) is 6.58 Å². The summed E-state index contributed by atoms with van der Waals surface area (Å²) in [7, 11) is 0. The van der Waals surface area contributed by atoms with Crippen molar-refractivity contribution in [1.29, 1.82) is 0 Å². The van der Waals surface area contributed by atoms with E-state index in [4.69, 9.17) is 0 Å². The Bertz CT molecular complexity index is 475. The molecule has 1 N–H and O–H groups in total. The van der Waals surface area contributed by atoms with Crippen molar-refractivity contribution in [3.05, 3.63) is 84.4 Å². The number of aliphatic hydroxyl groups is 1. The molecule has 0 heterocycles. The molecule has 0 saturated heterocycles. The molecule has 0 aliphatic carbocycles. The lowest BCUT2D eigenvalue weighted by molar-refractivity contribution is 0.145. The van der Waals surface area contributed by atoms with Crippen LogP contribution in [0.4, 0.5) is 0 Å². The molecule has 2 rings (SSSR count). The number of aliphatic hydroxyl groups excluding tert-OH is 1. The van der Waals surface area contributed by atoms with E-state index >= 15 is 0 Å². The average Bonchev–Trinajstić information content (AvgIpc) is 2.46. The number of benzene rings is 2. The first-order valence-corrected chi connectivity index (χ1v) is 6.21. The molecule has 2 atom stereocenters. The van der Waals surface area contributed by atoms with Crippen LogP contribution < -0.4 is 0 Å². The Morgan fingerprint density at radius 1 is 0.889 bits per heavy atom. The maximum Gasteiger partial charge on any atom is 0.0861 e. The Hall–Kier alpha value is -1.86. The van der Waals surface area contributed by atoms with Gasteiger partial charge in [-0.25, -0.2) is 0 Å². The smallest absolute Gasteiger partial charge is 0.0861 e.